The lowest BCUT2D eigenvalue weighted by Crippen LogP contribution is -2.43. The first kappa shape index (κ1) is 16.0. The predicted octanol–water partition coefficient (Wildman–Crippen LogP) is 5.26. The van der Waals surface area contributed by atoms with Crippen molar-refractivity contribution in [1.29, 1.82) is 0 Å². The number of hydrogen-bond acceptors (Lipinski definition) is 1. The number of rotatable bonds is 4. The van der Waals surface area contributed by atoms with Crippen molar-refractivity contribution in [1.82, 2.24) is 4.90 Å². The van der Waals surface area contributed by atoms with Gasteiger partial charge in [-0.3, -0.25) is 4.90 Å². The van der Waals surface area contributed by atoms with Gasteiger partial charge in [-0.2, -0.15) is 0 Å². The van der Waals surface area contributed by atoms with Crippen LogP contribution in [0, 0.1) is 5.92 Å². The zero-order valence-corrected chi connectivity index (χ0v) is 14.4. The molecule has 0 spiro atoms. The summed E-state index contributed by atoms with van der Waals surface area (Å²) < 4.78 is 0. The molecule has 2 aromatic carbocycles. The Morgan fingerprint density at radius 2 is 1.61 bits per heavy atom. The molecule has 0 aromatic heterocycles. The van der Waals surface area contributed by atoms with E-state index in [1.807, 2.05) is 0 Å². The fourth-order valence-electron chi connectivity index (χ4n) is 3.56. The molecule has 0 saturated carbocycles. The van der Waals surface area contributed by atoms with Crippen LogP contribution in [0.25, 0.3) is 0 Å². The summed E-state index contributed by atoms with van der Waals surface area (Å²) in [5.41, 5.74) is 4.36. The topological polar surface area (TPSA) is 3.24 Å². The van der Waals surface area contributed by atoms with E-state index < -0.39 is 0 Å². The Kier molecular flexibility index (Phi) is 4.97. The third-order valence-electron chi connectivity index (χ3n) is 5.21. The van der Waals surface area contributed by atoms with E-state index >= 15 is 0 Å². The normalized spacial score (nSPS) is 23.3. The van der Waals surface area contributed by atoms with Crippen molar-refractivity contribution in [3.05, 3.63) is 83.4 Å². The van der Waals surface area contributed by atoms with Crippen LogP contribution in [0.15, 0.2) is 72.3 Å². The minimum Gasteiger partial charge on any atom is -0.289 e. The fraction of sp³-hybridized carbons (Fsp3) is 0.364. The highest BCUT2D eigenvalue weighted by atomic mass is 15.2. The van der Waals surface area contributed by atoms with Gasteiger partial charge in [-0.15, -0.1) is 0 Å². The van der Waals surface area contributed by atoms with Crippen LogP contribution in [0.4, 0.5) is 0 Å². The van der Waals surface area contributed by atoms with Crippen molar-refractivity contribution in [2.24, 2.45) is 5.92 Å². The first-order valence-electron chi connectivity index (χ1n) is 8.68. The first-order chi connectivity index (χ1) is 11.1. The number of benzene rings is 2. The van der Waals surface area contributed by atoms with Crippen molar-refractivity contribution in [3.8, 4) is 0 Å². The molecule has 23 heavy (non-hydrogen) atoms. The summed E-state index contributed by atoms with van der Waals surface area (Å²) in [4.78, 5) is 2.67. The van der Waals surface area contributed by atoms with E-state index in [0.717, 1.165) is 13.0 Å². The molecule has 1 aliphatic rings. The van der Waals surface area contributed by atoms with Crippen LogP contribution in [0.1, 0.15) is 37.9 Å². The van der Waals surface area contributed by atoms with Crippen molar-refractivity contribution in [3.63, 3.8) is 0 Å². The minimum atomic E-state index is 0.441. The molecule has 0 saturated heterocycles. The highest BCUT2D eigenvalue weighted by Crippen LogP contribution is 2.31. The average molecular weight is 305 g/mol. The van der Waals surface area contributed by atoms with Crippen LogP contribution in [-0.4, -0.2) is 17.5 Å². The Hall–Kier alpha value is -1.86. The van der Waals surface area contributed by atoms with Crippen molar-refractivity contribution in [2.45, 2.75) is 39.3 Å². The van der Waals surface area contributed by atoms with E-state index in [2.05, 4.69) is 92.4 Å². The summed E-state index contributed by atoms with van der Waals surface area (Å²) in [6, 6.07) is 22.7. The van der Waals surface area contributed by atoms with Crippen LogP contribution < -0.4 is 0 Å². The second-order valence-corrected chi connectivity index (χ2v) is 6.85. The zero-order chi connectivity index (χ0) is 16.2. The molecule has 3 atom stereocenters. The van der Waals surface area contributed by atoms with Crippen molar-refractivity contribution < 1.29 is 0 Å². The lowest BCUT2D eigenvalue weighted by molar-refractivity contribution is 0.140. The third-order valence-corrected chi connectivity index (χ3v) is 5.21. The molecule has 3 rings (SSSR count). The molecule has 0 fully saturated rings. The monoisotopic (exact) mass is 305 g/mol. The highest BCUT2D eigenvalue weighted by molar-refractivity contribution is 5.24. The lowest BCUT2D eigenvalue weighted by atomic mass is 9.89. The minimum absolute atomic E-state index is 0.441. The van der Waals surface area contributed by atoms with Gasteiger partial charge < -0.3 is 0 Å². The molecule has 1 heteroatoms. The van der Waals surface area contributed by atoms with E-state index in [9.17, 15) is 0 Å². The molecule has 0 N–H and O–H groups in total. The Bertz CT molecular complexity index is 644. The average Bonchev–Trinajstić information content (AvgIpc) is 2.59. The van der Waals surface area contributed by atoms with Gasteiger partial charge in [0.2, 0.25) is 0 Å². The Balaban J connectivity index is 1.86. The summed E-state index contributed by atoms with van der Waals surface area (Å²) in [5, 5.41) is 0. The Morgan fingerprint density at radius 3 is 2.26 bits per heavy atom. The van der Waals surface area contributed by atoms with Crippen molar-refractivity contribution in [2.75, 3.05) is 6.54 Å². The molecular weight excluding hydrogens is 278 g/mol. The summed E-state index contributed by atoms with van der Waals surface area (Å²) >= 11 is 0. The molecule has 2 aromatic rings. The molecule has 0 radical (unpaired) electrons. The predicted molar refractivity (Wildman–Crippen MR) is 98.4 cm³/mol. The first-order valence-corrected chi connectivity index (χ1v) is 8.68. The Labute approximate surface area is 140 Å². The molecule has 2 unspecified atom stereocenters. The van der Waals surface area contributed by atoms with Crippen LogP contribution in [0.5, 0.6) is 0 Å². The molecule has 1 heterocycles. The van der Waals surface area contributed by atoms with Crippen LogP contribution in [-0.2, 0) is 6.42 Å². The van der Waals surface area contributed by atoms with Gasteiger partial charge >= 0.3 is 0 Å². The standard InChI is InChI=1S/C22H27N/c1-17-14-22(15-20-10-6-4-7-11-20)23(16-18(17)2)19(3)21-12-8-5-9-13-21/h4-14,18-19,22H,15-16H2,1-3H3/t18?,19-,22?/m1/s1. The van der Waals surface area contributed by atoms with Crippen LogP contribution >= 0.6 is 0 Å². The van der Waals surface area contributed by atoms with Crippen LogP contribution in [0.2, 0.25) is 0 Å². The Morgan fingerprint density at radius 1 is 1.00 bits per heavy atom. The smallest absolute Gasteiger partial charge is 0.0327 e. The molecule has 0 aliphatic carbocycles. The second-order valence-electron chi connectivity index (χ2n) is 6.85. The maximum absolute atomic E-state index is 2.67. The van der Waals surface area contributed by atoms with Gasteiger partial charge in [-0.05, 0) is 37.3 Å². The third kappa shape index (κ3) is 3.73. The summed E-state index contributed by atoms with van der Waals surface area (Å²) in [5.74, 6) is 0.633. The summed E-state index contributed by atoms with van der Waals surface area (Å²) in [7, 11) is 0. The number of hydrogen-bond donors (Lipinski definition) is 0. The van der Waals surface area contributed by atoms with Crippen molar-refractivity contribution >= 4 is 0 Å². The summed E-state index contributed by atoms with van der Waals surface area (Å²) in [6.45, 7) is 8.10. The highest BCUT2D eigenvalue weighted by Gasteiger charge is 2.29. The fourth-order valence-corrected chi connectivity index (χ4v) is 3.56. The maximum Gasteiger partial charge on any atom is 0.0327 e. The van der Waals surface area contributed by atoms with E-state index in [4.69, 9.17) is 0 Å². The lowest BCUT2D eigenvalue weighted by Gasteiger charge is -2.41. The molecule has 0 bridgehead atoms. The van der Waals surface area contributed by atoms with E-state index in [-0.39, 0.29) is 0 Å². The molecule has 1 nitrogen and oxygen atoms in total. The van der Waals surface area contributed by atoms with E-state index in [0.29, 0.717) is 18.0 Å². The molecule has 1 aliphatic heterocycles. The quantitative estimate of drug-likeness (QED) is 0.697. The van der Waals surface area contributed by atoms with E-state index in [1.54, 1.807) is 0 Å². The molecule has 120 valence electrons. The van der Waals surface area contributed by atoms with Gasteiger partial charge in [0.1, 0.15) is 0 Å². The maximum atomic E-state index is 2.67. The van der Waals surface area contributed by atoms with Gasteiger partial charge in [0, 0.05) is 18.6 Å². The van der Waals surface area contributed by atoms with E-state index in [1.165, 1.54) is 16.7 Å². The largest absolute Gasteiger partial charge is 0.289 e. The summed E-state index contributed by atoms with van der Waals surface area (Å²) in [6.07, 6.45) is 3.57. The van der Waals surface area contributed by atoms with Gasteiger partial charge in [0.25, 0.3) is 0 Å². The molecule has 0 amide bonds. The zero-order valence-electron chi connectivity index (χ0n) is 14.4. The van der Waals surface area contributed by atoms with Gasteiger partial charge in [-0.1, -0.05) is 79.2 Å². The van der Waals surface area contributed by atoms with Gasteiger partial charge in [0.05, 0.1) is 0 Å². The van der Waals surface area contributed by atoms with Gasteiger partial charge in [0.15, 0.2) is 0 Å². The SMILES string of the molecule is CC1=CC(Cc2ccccc2)N([C@H](C)c2ccccc2)CC1C. The van der Waals surface area contributed by atoms with Gasteiger partial charge in [-0.25, -0.2) is 0 Å². The second kappa shape index (κ2) is 7.14. The molecular formula is C22H27N. The number of nitrogens with zero attached hydrogens (tertiary/aromatic N) is 1. The van der Waals surface area contributed by atoms with Crippen LogP contribution in [0.3, 0.4) is 0 Å².